The molecule has 1 amide bonds. The van der Waals surface area contributed by atoms with E-state index in [9.17, 15) is 9.18 Å². The molecular weight excluding hydrogens is 243 g/mol. The Morgan fingerprint density at radius 1 is 1.42 bits per heavy atom. The Morgan fingerprint density at radius 3 is 2.84 bits per heavy atom. The first kappa shape index (κ1) is 14.0. The fraction of sp³-hybridized carbons (Fsp3) is 0.533. The smallest absolute Gasteiger partial charge is 0.236 e. The van der Waals surface area contributed by atoms with Crippen LogP contribution in [0.2, 0.25) is 0 Å². The van der Waals surface area contributed by atoms with Gasteiger partial charge in [-0.2, -0.15) is 0 Å². The molecule has 0 bridgehead atoms. The van der Waals surface area contributed by atoms with Crippen molar-refractivity contribution in [2.45, 2.75) is 32.2 Å². The molecular formula is C15H21FN2O. The second kappa shape index (κ2) is 6.66. The molecule has 4 heteroatoms. The molecule has 1 N–H and O–H groups in total. The van der Waals surface area contributed by atoms with Crippen molar-refractivity contribution in [1.82, 2.24) is 10.2 Å². The summed E-state index contributed by atoms with van der Waals surface area (Å²) in [6.07, 6.45) is 2.96. The van der Waals surface area contributed by atoms with Gasteiger partial charge >= 0.3 is 0 Å². The van der Waals surface area contributed by atoms with Crippen LogP contribution in [-0.2, 0) is 11.2 Å². The predicted octanol–water partition coefficient (Wildman–Crippen LogP) is 1.97. The molecule has 0 aromatic heterocycles. The number of nitrogens with zero attached hydrogens (tertiary/aromatic N) is 1. The highest BCUT2D eigenvalue weighted by Gasteiger charge is 2.17. The first-order chi connectivity index (χ1) is 9.15. The molecule has 3 nitrogen and oxygen atoms in total. The van der Waals surface area contributed by atoms with Crippen LogP contribution in [0, 0.1) is 5.82 Å². The number of nitrogens with one attached hydrogen (secondary N) is 1. The number of hydrogen-bond acceptors (Lipinski definition) is 2. The Bertz CT molecular complexity index is 430. The number of likely N-dealkylation sites (tertiary alicyclic amines) is 1. The molecule has 0 spiro atoms. The Hall–Kier alpha value is -1.42. The molecule has 1 heterocycles. The quantitative estimate of drug-likeness (QED) is 0.882. The third kappa shape index (κ3) is 4.31. The van der Waals surface area contributed by atoms with Crippen LogP contribution in [0.5, 0.6) is 0 Å². The van der Waals surface area contributed by atoms with Crippen molar-refractivity contribution in [2.75, 3.05) is 19.6 Å². The van der Waals surface area contributed by atoms with Crippen LogP contribution >= 0.6 is 0 Å². The topological polar surface area (TPSA) is 32.3 Å². The van der Waals surface area contributed by atoms with Gasteiger partial charge in [-0.15, -0.1) is 0 Å². The molecule has 104 valence electrons. The van der Waals surface area contributed by atoms with Crippen LogP contribution in [-0.4, -0.2) is 36.5 Å². The number of carbonyl (C=O) groups is 1. The van der Waals surface area contributed by atoms with Gasteiger partial charge in [0.25, 0.3) is 0 Å². The highest BCUT2D eigenvalue weighted by Crippen LogP contribution is 2.08. The molecule has 1 atom stereocenters. The van der Waals surface area contributed by atoms with Gasteiger partial charge in [-0.05, 0) is 43.9 Å². The van der Waals surface area contributed by atoms with E-state index >= 15 is 0 Å². The number of rotatable bonds is 5. The Balaban J connectivity index is 1.75. The Labute approximate surface area is 113 Å². The number of carbonyl (C=O) groups excluding carboxylic acids is 1. The third-order valence-corrected chi connectivity index (χ3v) is 3.49. The van der Waals surface area contributed by atoms with Crippen molar-refractivity contribution >= 4 is 5.91 Å². The molecule has 1 aromatic rings. The van der Waals surface area contributed by atoms with Crippen molar-refractivity contribution in [1.29, 1.82) is 0 Å². The molecule has 1 unspecified atom stereocenters. The normalized spacial score (nSPS) is 16.6. The summed E-state index contributed by atoms with van der Waals surface area (Å²) in [7, 11) is 0. The molecule has 1 aromatic carbocycles. The van der Waals surface area contributed by atoms with Gasteiger partial charge in [-0.3, -0.25) is 4.79 Å². The molecule has 2 rings (SSSR count). The first-order valence-corrected chi connectivity index (χ1v) is 6.91. The third-order valence-electron chi connectivity index (χ3n) is 3.49. The number of benzene rings is 1. The SMILES string of the molecule is CC(Cc1cccc(F)c1)NCC(=O)N1CCCC1. The van der Waals surface area contributed by atoms with E-state index in [2.05, 4.69) is 5.32 Å². The summed E-state index contributed by atoms with van der Waals surface area (Å²) < 4.78 is 13.1. The second-order valence-corrected chi connectivity index (χ2v) is 5.20. The minimum Gasteiger partial charge on any atom is -0.342 e. The molecule has 0 saturated carbocycles. The zero-order valence-corrected chi connectivity index (χ0v) is 11.4. The fourth-order valence-corrected chi connectivity index (χ4v) is 2.43. The van der Waals surface area contributed by atoms with Gasteiger partial charge in [-0.1, -0.05) is 12.1 Å². The molecule has 0 aliphatic carbocycles. The van der Waals surface area contributed by atoms with E-state index in [4.69, 9.17) is 0 Å². The van der Waals surface area contributed by atoms with Crippen LogP contribution in [0.1, 0.15) is 25.3 Å². The van der Waals surface area contributed by atoms with Gasteiger partial charge in [0.1, 0.15) is 5.82 Å². The highest BCUT2D eigenvalue weighted by molar-refractivity contribution is 5.78. The predicted molar refractivity (Wildman–Crippen MR) is 73.4 cm³/mol. The molecule has 0 radical (unpaired) electrons. The largest absolute Gasteiger partial charge is 0.342 e. The molecule has 19 heavy (non-hydrogen) atoms. The van der Waals surface area contributed by atoms with Gasteiger partial charge < -0.3 is 10.2 Å². The van der Waals surface area contributed by atoms with Gasteiger partial charge in [0, 0.05) is 19.1 Å². The monoisotopic (exact) mass is 264 g/mol. The van der Waals surface area contributed by atoms with Crippen molar-refractivity contribution in [3.63, 3.8) is 0 Å². The van der Waals surface area contributed by atoms with Crippen molar-refractivity contribution < 1.29 is 9.18 Å². The number of amides is 1. The zero-order valence-electron chi connectivity index (χ0n) is 11.4. The molecule has 1 fully saturated rings. The summed E-state index contributed by atoms with van der Waals surface area (Å²) in [5.74, 6) is -0.0403. The summed E-state index contributed by atoms with van der Waals surface area (Å²) in [5, 5.41) is 3.21. The molecule has 1 aliphatic heterocycles. The van der Waals surface area contributed by atoms with Crippen LogP contribution in [0.4, 0.5) is 4.39 Å². The molecule has 1 aliphatic rings. The molecule has 1 saturated heterocycles. The van der Waals surface area contributed by atoms with Gasteiger partial charge in [-0.25, -0.2) is 4.39 Å². The van der Waals surface area contributed by atoms with Crippen LogP contribution in [0.25, 0.3) is 0 Å². The van der Waals surface area contributed by atoms with Gasteiger partial charge in [0.05, 0.1) is 6.54 Å². The van der Waals surface area contributed by atoms with Crippen LogP contribution in [0.3, 0.4) is 0 Å². The van der Waals surface area contributed by atoms with E-state index in [-0.39, 0.29) is 17.8 Å². The number of halogens is 1. The standard InChI is InChI=1S/C15H21FN2O/c1-12(9-13-5-4-6-14(16)10-13)17-11-15(19)18-7-2-3-8-18/h4-6,10,12,17H,2-3,7-9,11H2,1H3. The summed E-state index contributed by atoms with van der Waals surface area (Å²) in [5.41, 5.74) is 0.952. The zero-order chi connectivity index (χ0) is 13.7. The summed E-state index contributed by atoms with van der Waals surface area (Å²) >= 11 is 0. The maximum absolute atomic E-state index is 13.1. The Kier molecular flexibility index (Phi) is 4.91. The maximum atomic E-state index is 13.1. The average Bonchev–Trinajstić information content (AvgIpc) is 2.90. The first-order valence-electron chi connectivity index (χ1n) is 6.91. The van der Waals surface area contributed by atoms with E-state index in [1.54, 1.807) is 12.1 Å². The lowest BCUT2D eigenvalue weighted by atomic mass is 10.1. The van der Waals surface area contributed by atoms with E-state index < -0.39 is 0 Å². The van der Waals surface area contributed by atoms with E-state index in [1.165, 1.54) is 6.07 Å². The lowest BCUT2D eigenvalue weighted by molar-refractivity contribution is -0.129. The maximum Gasteiger partial charge on any atom is 0.236 e. The highest BCUT2D eigenvalue weighted by atomic mass is 19.1. The van der Waals surface area contributed by atoms with Crippen molar-refractivity contribution in [2.24, 2.45) is 0 Å². The van der Waals surface area contributed by atoms with E-state index in [1.807, 2.05) is 17.9 Å². The van der Waals surface area contributed by atoms with Gasteiger partial charge in [0.2, 0.25) is 5.91 Å². The van der Waals surface area contributed by atoms with Crippen LogP contribution < -0.4 is 5.32 Å². The van der Waals surface area contributed by atoms with Crippen molar-refractivity contribution in [3.05, 3.63) is 35.6 Å². The summed E-state index contributed by atoms with van der Waals surface area (Å²) in [6, 6.07) is 6.77. The van der Waals surface area contributed by atoms with E-state index in [0.29, 0.717) is 6.54 Å². The lowest BCUT2D eigenvalue weighted by Crippen LogP contribution is -2.40. The summed E-state index contributed by atoms with van der Waals surface area (Å²) in [6.45, 7) is 4.16. The average molecular weight is 264 g/mol. The van der Waals surface area contributed by atoms with Crippen LogP contribution in [0.15, 0.2) is 24.3 Å². The van der Waals surface area contributed by atoms with Crippen molar-refractivity contribution in [3.8, 4) is 0 Å². The minimum absolute atomic E-state index is 0.161. The van der Waals surface area contributed by atoms with Gasteiger partial charge in [0.15, 0.2) is 0 Å². The van der Waals surface area contributed by atoms with E-state index in [0.717, 1.165) is 37.9 Å². The lowest BCUT2D eigenvalue weighted by Gasteiger charge is -2.18. The fourth-order valence-electron chi connectivity index (χ4n) is 2.43. The number of hydrogen-bond donors (Lipinski definition) is 1. The second-order valence-electron chi connectivity index (χ2n) is 5.20. The minimum atomic E-state index is -0.210. The Morgan fingerprint density at radius 2 is 2.16 bits per heavy atom. The summed E-state index contributed by atoms with van der Waals surface area (Å²) in [4.78, 5) is 13.8.